The monoisotopic (exact) mass is 630 g/mol. The summed E-state index contributed by atoms with van der Waals surface area (Å²) in [4.78, 5) is 30.0. The van der Waals surface area contributed by atoms with Gasteiger partial charge in [0.25, 0.3) is 0 Å². The Morgan fingerprint density at radius 3 is 2.61 bits per heavy atom. The molecule has 0 saturated heterocycles. The van der Waals surface area contributed by atoms with E-state index in [0.29, 0.717) is 12.2 Å². The zero-order valence-corrected chi connectivity index (χ0v) is 27.3. The molecular formula is C37H34N4O4S. The van der Waals surface area contributed by atoms with Crippen molar-refractivity contribution < 1.29 is 14.3 Å². The van der Waals surface area contributed by atoms with Gasteiger partial charge in [-0.25, -0.2) is 4.98 Å². The van der Waals surface area contributed by atoms with Crippen LogP contribution in [0.3, 0.4) is 0 Å². The van der Waals surface area contributed by atoms with Crippen LogP contribution in [0, 0.1) is 11.8 Å². The zero-order valence-electron chi connectivity index (χ0n) is 26.5. The van der Waals surface area contributed by atoms with E-state index in [-0.39, 0.29) is 0 Å². The predicted octanol–water partition coefficient (Wildman–Crippen LogP) is 8.97. The molecule has 0 saturated carbocycles. The minimum Gasteiger partial charge on any atom is -0.493 e. The van der Waals surface area contributed by atoms with Crippen LogP contribution in [0.5, 0.6) is 5.75 Å². The molecule has 0 N–H and O–H groups in total. The summed E-state index contributed by atoms with van der Waals surface area (Å²) in [6, 6.07) is 22.9. The maximum Gasteiger partial charge on any atom is 0.319 e. The Bertz CT molecular complexity index is 2160. The zero-order chi connectivity index (χ0) is 32.2. The second-order valence-corrected chi connectivity index (χ2v) is 13.8. The van der Waals surface area contributed by atoms with Gasteiger partial charge >= 0.3 is 5.91 Å². The van der Waals surface area contributed by atoms with Gasteiger partial charge in [-0.15, -0.1) is 16.2 Å². The predicted molar refractivity (Wildman–Crippen MR) is 183 cm³/mol. The van der Waals surface area contributed by atoms with Gasteiger partial charge in [0.15, 0.2) is 6.10 Å². The van der Waals surface area contributed by atoms with E-state index in [1.54, 1.807) is 11.3 Å². The third-order valence-electron chi connectivity index (χ3n) is 8.36. The Hall–Kier alpha value is -4.73. The highest BCUT2D eigenvalue weighted by Crippen LogP contribution is 2.46. The summed E-state index contributed by atoms with van der Waals surface area (Å²) in [5, 5.41) is 9.16. The summed E-state index contributed by atoms with van der Waals surface area (Å²) in [6.45, 7) is 8.23. The summed E-state index contributed by atoms with van der Waals surface area (Å²) in [5.74, 6) is 0.0165. The van der Waals surface area contributed by atoms with Crippen LogP contribution in [-0.4, -0.2) is 32.9 Å². The number of thiazole rings is 1. The van der Waals surface area contributed by atoms with Gasteiger partial charge in [-0.1, -0.05) is 30.3 Å². The topological polar surface area (TPSA) is 95.7 Å². The molecule has 232 valence electrons. The Balaban J connectivity index is 1.42. The Kier molecular flexibility index (Phi) is 7.53. The lowest BCUT2D eigenvalue weighted by Gasteiger charge is -2.28. The van der Waals surface area contributed by atoms with Gasteiger partial charge in [-0.2, -0.15) is 5.10 Å². The number of hydrogen-bond donors (Lipinski definition) is 0. The standard InChI is InChI=1S/C37H34N4O4S/c1-21-16-28-34(46-36(39-28)26-9-6-8-22(17-26)23-11-13-29-27(18-23)20-38-41(29)5)32(25-12-14-30-24(19-25)10-7-15-44-30)31(21)33(35(42)40-43)45-37(2,3)4/h6,8-9,11-14,16-20,33H,7,10,15H2,1-5H3/t33-/m0/s1. The first-order valence-electron chi connectivity index (χ1n) is 15.4. The molecule has 9 heteroatoms. The quantitative estimate of drug-likeness (QED) is 0.171. The van der Waals surface area contributed by atoms with Crippen LogP contribution in [0.25, 0.3) is 53.9 Å². The van der Waals surface area contributed by atoms with Crippen molar-refractivity contribution in [3.63, 3.8) is 0 Å². The molecule has 1 atom stereocenters. The second kappa shape index (κ2) is 11.6. The minimum absolute atomic E-state index is 0.637. The molecule has 7 rings (SSSR count). The lowest BCUT2D eigenvalue weighted by atomic mass is 9.89. The van der Waals surface area contributed by atoms with Crippen molar-refractivity contribution in [2.75, 3.05) is 6.61 Å². The van der Waals surface area contributed by atoms with Gasteiger partial charge in [-0.05, 0) is 105 Å². The second-order valence-electron chi connectivity index (χ2n) is 12.8. The molecular weight excluding hydrogens is 596 g/mol. The number of hydrogen-bond acceptors (Lipinski definition) is 7. The number of aryl methyl sites for hydroxylation is 3. The number of rotatable bonds is 6. The van der Waals surface area contributed by atoms with Crippen molar-refractivity contribution in [1.82, 2.24) is 14.8 Å². The molecule has 1 aliphatic heterocycles. The fraction of sp³-hybridized carbons (Fsp3) is 0.270. The number of nitrogens with zero attached hydrogens (tertiary/aromatic N) is 4. The number of amides is 1. The van der Waals surface area contributed by atoms with Crippen molar-refractivity contribution >= 4 is 38.4 Å². The minimum atomic E-state index is -1.17. The fourth-order valence-corrected chi connectivity index (χ4v) is 7.41. The highest BCUT2D eigenvalue weighted by Gasteiger charge is 2.33. The maximum absolute atomic E-state index is 13.1. The van der Waals surface area contributed by atoms with E-state index >= 15 is 0 Å². The van der Waals surface area contributed by atoms with E-state index in [1.165, 1.54) is 0 Å². The average molecular weight is 631 g/mol. The van der Waals surface area contributed by atoms with Crippen molar-refractivity contribution in [3.05, 3.63) is 94.5 Å². The van der Waals surface area contributed by atoms with Crippen LogP contribution in [-0.2, 0) is 23.0 Å². The van der Waals surface area contributed by atoms with E-state index in [2.05, 4.69) is 52.7 Å². The van der Waals surface area contributed by atoms with Crippen molar-refractivity contribution in [2.45, 2.75) is 52.2 Å². The van der Waals surface area contributed by atoms with E-state index in [1.807, 2.05) is 69.9 Å². The average Bonchev–Trinajstić information content (AvgIpc) is 3.65. The molecule has 4 aromatic carbocycles. The smallest absolute Gasteiger partial charge is 0.319 e. The SMILES string of the molecule is Cc1cc2nc(-c3cccc(-c4ccc5c(cnn5C)c4)c3)sc2c(-c2ccc3c(c2)CCCO3)c1[C@H](OC(C)(C)C)C(=O)N=O. The number of ether oxygens (including phenoxy) is 2. The number of benzene rings is 4. The molecule has 2 aromatic heterocycles. The number of nitroso groups, excluding NO2 is 1. The van der Waals surface area contributed by atoms with Gasteiger partial charge in [0.1, 0.15) is 10.8 Å². The molecule has 0 spiro atoms. The molecule has 1 aliphatic rings. The number of fused-ring (bicyclic) bond motifs is 3. The number of carbonyl (C=O) groups excluding carboxylic acids is 1. The summed E-state index contributed by atoms with van der Waals surface area (Å²) in [6.07, 6.45) is 2.55. The van der Waals surface area contributed by atoms with Crippen molar-refractivity contribution in [1.29, 1.82) is 0 Å². The van der Waals surface area contributed by atoms with Crippen molar-refractivity contribution in [2.24, 2.45) is 12.2 Å². The van der Waals surface area contributed by atoms with Gasteiger partial charge in [0.05, 0.1) is 34.1 Å². The third-order valence-corrected chi connectivity index (χ3v) is 9.50. The van der Waals surface area contributed by atoms with Crippen LogP contribution in [0.4, 0.5) is 0 Å². The normalized spacial score (nSPS) is 13.8. The van der Waals surface area contributed by atoms with Crippen LogP contribution >= 0.6 is 11.3 Å². The molecule has 1 amide bonds. The summed E-state index contributed by atoms with van der Waals surface area (Å²) < 4.78 is 15.0. The third kappa shape index (κ3) is 5.50. The highest BCUT2D eigenvalue weighted by molar-refractivity contribution is 7.22. The first kappa shape index (κ1) is 30.0. The first-order chi connectivity index (χ1) is 22.1. The largest absolute Gasteiger partial charge is 0.493 e. The molecule has 0 unspecified atom stereocenters. The van der Waals surface area contributed by atoms with Crippen LogP contribution in [0.1, 0.15) is 50.0 Å². The van der Waals surface area contributed by atoms with E-state index in [9.17, 15) is 9.70 Å². The van der Waals surface area contributed by atoms with E-state index in [4.69, 9.17) is 14.5 Å². The Morgan fingerprint density at radius 2 is 1.80 bits per heavy atom. The molecule has 0 radical (unpaired) electrons. The molecule has 46 heavy (non-hydrogen) atoms. The summed E-state index contributed by atoms with van der Waals surface area (Å²) >= 11 is 1.57. The molecule has 0 fully saturated rings. The Morgan fingerprint density at radius 1 is 1.02 bits per heavy atom. The van der Waals surface area contributed by atoms with Gasteiger partial charge in [0.2, 0.25) is 0 Å². The fourth-order valence-electron chi connectivity index (χ4n) is 6.28. The molecule has 8 nitrogen and oxygen atoms in total. The van der Waals surface area contributed by atoms with Gasteiger partial charge in [0, 0.05) is 34.3 Å². The van der Waals surface area contributed by atoms with Crippen LogP contribution in [0.2, 0.25) is 0 Å². The molecule has 0 aliphatic carbocycles. The molecule has 0 bridgehead atoms. The van der Waals surface area contributed by atoms with Crippen LogP contribution < -0.4 is 4.74 Å². The molecule has 6 aromatic rings. The highest BCUT2D eigenvalue weighted by atomic mass is 32.1. The number of carbonyl (C=O) groups is 1. The van der Waals surface area contributed by atoms with Crippen LogP contribution in [0.15, 0.2) is 78.1 Å². The summed E-state index contributed by atoms with van der Waals surface area (Å²) in [5.41, 5.74) is 8.66. The van der Waals surface area contributed by atoms with Gasteiger partial charge < -0.3 is 9.47 Å². The Labute approximate surface area is 271 Å². The molecule has 3 heterocycles. The van der Waals surface area contributed by atoms with Crippen molar-refractivity contribution in [3.8, 4) is 38.6 Å². The van der Waals surface area contributed by atoms with Gasteiger partial charge in [-0.3, -0.25) is 9.48 Å². The first-order valence-corrected chi connectivity index (χ1v) is 16.2. The van der Waals surface area contributed by atoms with E-state index < -0.39 is 17.6 Å². The lowest BCUT2D eigenvalue weighted by molar-refractivity contribution is -0.139. The van der Waals surface area contributed by atoms with E-state index in [0.717, 1.165) is 83.7 Å². The summed E-state index contributed by atoms with van der Waals surface area (Å²) in [7, 11) is 1.94. The maximum atomic E-state index is 13.1. The number of aromatic nitrogens is 3. The lowest BCUT2D eigenvalue weighted by Crippen LogP contribution is -2.27.